The summed E-state index contributed by atoms with van der Waals surface area (Å²) in [4.78, 5) is 30.5. The summed E-state index contributed by atoms with van der Waals surface area (Å²) in [7, 11) is 3.13. The molecule has 2 aromatic rings. The van der Waals surface area contributed by atoms with Crippen molar-refractivity contribution in [2.45, 2.75) is 13.0 Å². The van der Waals surface area contributed by atoms with Crippen molar-refractivity contribution >= 4 is 29.0 Å². The lowest BCUT2D eigenvalue weighted by Gasteiger charge is -2.22. The van der Waals surface area contributed by atoms with Crippen molar-refractivity contribution in [2.75, 3.05) is 45.8 Å². The molecule has 8 nitrogen and oxygen atoms in total. The van der Waals surface area contributed by atoms with E-state index in [1.165, 1.54) is 35.5 Å². The summed E-state index contributed by atoms with van der Waals surface area (Å²) in [5.41, 5.74) is 0.388. The number of nitrogens with zero attached hydrogens (tertiary/aromatic N) is 2. The highest BCUT2D eigenvalue weighted by Crippen LogP contribution is 2.16. The van der Waals surface area contributed by atoms with Gasteiger partial charge in [-0.05, 0) is 18.6 Å². The summed E-state index contributed by atoms with van der Waals surface area (Å²) in [6, 6.07) is 5.46. The SMILES string of the molecule is COCCCNC(=O)c1csc(CN(CCOC)C(=O)Nc2ccccc2F)n1. The summed E-state index contributed by atoms with van der Waals surface area (Å²) < 4.78 is 23.8. The minimum Gasteiger partial charge on any atom is -0.385 e. The first-order valence-corrected chi connectivity index (χ1v) is 9.94. The maximum absolute atomic E-state index is 13.8. The molecule has 1 heterocycles. The van der Waals surface area contributed by atoms with Crippen LogP contribution in [-0.2, 0) is 16.0 Å². The Balaban J connectivity index is 1.99. The highest BCUT2D eigenvalue weighted by Gasteiger charge is 2.18. The number of para-hydroxylation sites is 1. The van der Waals surface area contributed by atoms with E-state index in [0.717, 1.165) is 0 Å². The second-order valence-electron chi connectivity index (χ2n) is 6.05. The van der Waals surface area contributed by atoms with Gasteiger partial charge >= 0.3 is 6.03 Å². The largest absolute Gasteiger partial charge is 0.385 e. The van der Waals surface area contributed by atoms with E-state index >= 15 is 0 Å². The Bertz CT molecular complexity index is 802. The molecule has 29 heavy (non-hydrogen) atoms. The van der Waals surface area contributed by atoms with Gasteiger partial charge in [0.15, 0.2) is 0 Å². The quantitative estimate of drug-likeness (QED) is 0.541. The molecule has 0 saturated carbocycles. The topological polar surface area (TPSA) is 92.8 Å². The molecule has 0 aliphatic carbocycles. The van der Waals surface area contributed by atoms with Crippen molar-refractivity contribution in [3.8, 4) is 0 Å². The third-order valence-corrected chi connectivity index (χ3v) is 4.72. The average Bonchev–Trinajstić information content (AvgIpc) is 3.18. The molecular formula is C19H25FN4O4S. The minimum absolute atomic E-state index is 0.0928. The van der Waals surface area contributed by atoms with Gasteiger partial charge in [0, 0.05) is 39.3 Å². The maximum Gasteiger partial charge on any atom is 0.322 e. The highest BCUT2D eigenvalue weighted by molar-refractivity contribution is 7.09. The minimum atomic E-state index is -0.519. The number of nitrogens with one attached hydrogen (secondary N) is 2. The van der Waals surface area contributed by atoms with E-state index in [1.807, 2.05) is 0 Å². The van der Waals surface area contributed by atoms with E-state index in [4.69, 9.17) is 9.47 Å². The molecule has 0 fully saturated rings. The third kappa shape index (κ3) is 7.41. The molecule has 0 aliphatic rings. The van der Waals surface area contributed by atoms with Crippen LogP contribution in [0.5, 0.6) is 0 Å². The zero-order chi connectivity index (χ0) is 21.1. The fourth-order valence-electron chi connectivity index (χ4n) is 2.37. The summed E-state index contributed by atoms with van der Waals surface area (Å²) in [5, 5.41) is 7.55. The third-order valence-electron chi connectivity index (χ3n) is 3.89. The van der Waals surface area contributed by atoms with Crippen LogP contribution in [0, 0.1) is 5.82 Å². The molecule has 3 amide bonds. The van der Waals surface area contributed by atoms with Crippen molar-refractivity contribution < 1.29 is 23.5 Å². The number of anilines is 1. The Morgan fingerprint density at radius 1 is 1.21 bits per heavy atom. The van der Waals surface area contributed by atoms with Gasteiger partial charge in [0.2, 0.25) is 0 Å². The first kappa shape index (κ1) is 22.7. The van der Waals surface area contributed by atoms with Crippen molar-refractivity contribution in [2.24, 2.45) is 0 Å². The monoisotopic (exact) mass is 424 g/mol. The molecule has 2 N–H and O–H groups in total. The lowest BCUT2D eigenvalue weighted by Crippen LogP contribution is -2.37. The molecule has 0 aliphatic heterocycles. The normalized spacial score (nSPS) is 10.6. The van der Waals surface area contributed by atoms with Crippen molar-refractivity contribution in [1.29, 1.82) is 0 Å². The Morgan fingerprint density at radius 3 is 2.69 bits per heavy atom. The fourth-order valence-corrected chi connectivity index (χ4v) is 3.16. The number of carbonyl (C=O) groups excluding carboxylic acids is 2. The molecule has 2 rings (SSSR count). The van der Waals surface area contributed by atoms with Crippen LogP contribution in [0.1, 0.15) is 21.9 Å². The number of thiazole rings is 1. The molecule has 1 aromatic carbocycles. The molecule has 0 radical (unpaired) electrons. The predicted octanol–water partition coefficient (Wildman–Crippen LogP) is 2.73. The summed E-state index contributed by atoms with van der Waals surface area (Å²) in [6.07, 6.45) is 0.709. The molecule has 0 atom stereocenters. The van der Waals surface area contributed by atoms with E-state index < -0.39 is 11.8 Å². The lowest BCUT2D eigenvalue weighted by molar-refractivity contribution is 0.0944. The molecular weight excluding hydrogens is 399 g/mol. The van der Waals surface area contributed by atoms with Gasteiger partial charge in [-0.1, -0.05) is 12.1 Å². The van der Waals surface area contributed by atoms with Gasteiger partial charge in [0.1, 0.15) is 16.5 Å². The smallest absolute Gasteiger partial charge is 0.322 e. The zero-order valence-corrected chi connectivity index (χ0v) is 17.3. The zero-order valence-electron chi connectivity index (χ0n) is 16.4. The molecule has 0 unspecified atom stereocenters. The Labute approximate surface area is 173 Å². The Morgan fingerprint density at radius 2 is 1.97 bits per heavy atom. The van der Waals surface area contributed by atoms with E-state index in [2.05, 4.69) is 15.6 Å². The standard InChI is InChI=1S/C19H25FN4O4S/c1-27-10-5-8-21-18(25)16-13-29-17(22-16)12-24(9-11-28-2)19(26)23-15-7-4-3-6-14(15)20/h3-4,6-7,13H,5,8-12H2,1-2H3,(H,21,25)(H,23,26). The molecule has 10 heteroatoms. The van der Waals surface area contributed by atoms with Gasteiger partial charge < -0.3 is 25.0 Å². The number of carbonyl (C=O) groups is 2. The number of halogens is 1. The van der Waals surface area contributed by atoms with Crippen LogP contribution < -0.4 is 10.6 Å². The number of rotatable bonds is 11. The van der Waals surface area contributed by atoms with Gasteiger partial charge in [0.05, 0.1) is 18.8 Å². The van der Waals surface area contributed by atoms with Crippen molar-refractivity contribution in [3.05, 3.63) is 46.2 Å². The van der Waals surface area contributed by atoms with Crippen LogP contribution in [0.15, 0.2) is 29.6 Å². The van der Waals surface area contributed by atoms with E-state index in [0.29, 0.717) is 36.9 Å². The number of aromatic nitrogens is 1. The number of ether oxygens (including phenoxy) is 2. The van der Waals surface area contributed by atoms with Crippen LogP contribution in [0.3, 0.4) is 0 Å². The van der Waals surface area contributed by atoms with Gasteiger partial charge in [-0.25, -0.2) is 14.2 Å². The van der Waals surface area contributed by atoms with E-state index in [1.54, 1.807) is 24.6 Å². The van der Waals surface area contributed by atoms with Gasteiger partial charge in [0.25, 0.3) is 5.91 Å². The highest BCUT2D eigenvalue weighted by atomic mass is 32.1. The van der Waals surface area contributed by atoms with Gasteiger partial charge in [-0.3, -0.25) is 4.79 Å². The van der Waals surface area contributed by atoms with Crippen LogP contribution in [0.4, 0.5) is 14.9 Å². The molecule has 1 aromatic heterocycles. The van der Waals surface area contributed by atoms with Gasteiger partial charge in [-0.2, -0.15) is 0 Å². The van der Waals surface area contributed by atoms with Crippen LogP contribution >= 0.6 is 11.3 Å². The van der Waals surface area contributed by atoms with Crippen LogP contribution in [-0.4, -0.2) is 62.3 Å². The maximum atomic E-state index is 13.8. The first-order chi connectivity index (χ1) is 14.0. The number of methoxy groups -OCH3 is 2. The molecule has 0 spiro atoms. The van der Waals surface area contributed by atoms with E-state index in [-0.39, 0.29) is 24.7 Å². The Kier molecular flexibility index (Phi) is 9.48. The molecule has 0 saturated heterocycles. The van der Waals surface area contributed by atoms with Crippen LogP contribution in [0.2, 0.25) is 0 Å². The predicted molar refractivity (Wildman–Crippen MR) is 109 cm³/mol. The number of urea groups is 1. The number of hydrogen-bond acceptors (Lipinski definition) is 6. The number of benzene rings is 1. The summed E-state index contributed by atoms with van der Waals surface area (Å²) >= 11 is 1.28. The second kappa shape index (κ2) is 12.1. The lowest BCUT2D eigenvalue weighted by atomic mass is 10.3. The fraction of sp³-hybridized carbons (Fsp3) is 0.421. The van der Waals surface area contributed by atoms with Crippen LogP contribution in [0.25, 0.3) is 0 Å². The van der Waals surface area contributed by atoms with E-state index in [9.17, 15) is 14.0 Å². The molecule has 0 bridgehead atoms. The Hall–Kier alpha value is -2.56. The summed E-state index contributed by atoms with van der Waals surface area (Å²) in [5.74, 6) is -0.794. The summed E-state index contributed by atoms with van der Waals surface area (Å²) in [6.45, 7) is 1.82. The first-order valence-electron chi connectivity index (χ1n) is 9.06. The molecule has 158 valence electrons. The number of amides is 3. The average molecular weight is 424 g/mol. The van der Waals surface area contributed by atoms with Crippen molar-refractivity contribution in [3.63, 3.8) is 0 Å². The van der Waals surface area contributed by atoms with Gasteiger partial charge in [-0.15, -0.1) is 11.3 Å². The van der Waals surface area contributed by atoms with Crippen molar-refractivity contribution in [1.82, 2.24) is 15.2 Å². The number of hydrogen-bond donors (Lipinski definition) is 2. The second-order valence-corrected chi connectivity index (χ2v) is 7.00.